The molecule has 0 spiro atoms. The minimum absolute atomic E-state index is 0.00846. The molecule has 0 aliphatic carbocycles. The fourth-order valence-electron chi connectivity index (χ4n) is 2.69. The zero-order valence-electron chi connectivity index (χ0n) is 12.6. The number of H-pyrrole nitrogens is 1. The summed E-state index contributed by atoms with van der Waals surface area (Å²) < 4.78 is 0. The third-order valence-electron chi connectivity index (χ3n) is 3.78. The second-order valence-corrected chi connectivity index (χ2v) is 6.34. The van der Waals surface area contributed by atoms with E-state index in [0.29, 0.717) is 13.0 Å². The van der Waals surface area contributed by atoms with E-state index < -0.39 is 11.6 Å². The van der Waals surface area contributed by atoms with Crippen molar-refractivity contribution >= 4 is 5.91 Å². The maximum absolute atomic E-state index is 12.2. The zero-order valence-corrected chi connectivity index (χ0v) is 12.6. The van der Waals surface area contributed by atoms with Crippen molar-refractivity contribution in [2.45, 2.75) is 38.8 Å². The molecule has 1 aromatic rings. The average Bonchev–Trinajstić information content (AvgIpc) is 2.85. The molecule has 1 aromatic heterocycles. The summed E-state index contributed by atoms with van der Waals surface area (Å²) in [4.78, 5) is 21.6. The van der Waals surface area contributed by atoms with Crippen LogP contribution >= 0.6 is 0 Å². The van der Waals surface area contributed by atoms with Gasteiger partial charge in [-0.15, -0.1) is 0 Å². The third-order valence-corrected chi connectivity index (χ3v) is 3.78. The number of aryl methyl sites for hydroxylation is 1. The maximum Gasteiger partial charge on any atom is 0.221 e. The molecule has 20 heavy (non-hydrogen) atoms. The highest BCUT2D eigenvalue weighted by Crippen LogP contribution is 2.21. The van der Waals surface area contributed by atoms with Crippen molar-refractivity contribution in [2.24, 2.45) is 5.92 Å². The monoisotopic (exact) mass is 280 g/mol. The Morgan fingerprint density at radius 1 is 1.60 bits per heavy atom. The number of amides is 1. The SMILES string of the molecule is Cc1cnc(C(C)(C)NC(=O)C[C@@H]2CN(C)C[C@H]2O)[nH]1. The molecular weight excluding hydrogens is 256 g/mol. The van der Waals surface area contributed by atoms with E-state index in [0.717, 1.165) is 18.1 Å². The molecule has 1 amide bonds. The predicted molar refractivity (Wildman–Crippen MR) is 76.1 cm³/mol. The van der Waals surface area contributed by atoms with Crippen LogP contribution in [0.4, 0.5) is 0 Å². The lowest BCUT2D eigenvalue weighted by molar-refractivity contribution is -0.124. The maximum atomic E-state index is 12.2. The van der Waals surface area contributed by atoms with Crippen molar-refractivity contribution in [3.05, 3.63) is 17.7 Å². The van der Waals surface area contributed by atoms with Crippen LogP contribution in [0.2, 0.25) is 0 Å². The third kappa shape index (κ3) is 3.37. The molecule has 0 aromatic carbocycles. The van der Waals surface area contributed by atoms with Crippen LogP contribution in [0.1, 0.15) is 31.8 Å². The first-order valence-electron chi connectivity index (χ1n) is 6.97. The fraction of sp³-hybridized carbons (Fsp3) is 0.714. The zero-order chi connectivity index (χ0) is 14.9. The summed E-state index contributed by atoms with van der Waals surface area (Å²) in [5, 5.41) is 12.9. The van der Waals surface area contributed by atoms with E-state index in [1.165, 1.54) is 0 Å². The number of aliphatic hydroxyl groups excluding tert-OH is 1. The molecule has 1 saturated heterocycles. The first kappa shape index (κ1) is 15.0. The summed E-state index contributed by atoms with van der Waals surface area (Å²) in [6.07, 6.45) is 1.67. The number of likely N-dealkylation sites (tertiary alicyclic amines) is 1. The molecule has 1 aliphatic rings. The largest absolute Gasteiger partial charge is 0.391 e. The van der Waals surface area contributed by atoms with Crippen molar-refractivity contribution in [2.75, 3.05) is 20.1 Å². The minimum atomic E-state index is -0.541. The number of aliphatic hydroxyl groups is 1. The van der Waals surface area contributed by atoms with Crippen molar-refractivity contribution in [1.29, 1.82) is 0 Å². The summed E-state index contributed by atoms with van der Waals surface area (Å²) >= 11 is 0. The molecule has 0 radical (unpaired) electrons. The van der Waals surface area contributed by atoms with Crippen LogP contribution in [0.25, 0.3) is 0 Å². The molecule has 0 saturated carbocycles. The lowest BCUT2D eigenvalue weighted by atomic mass is 9.99. The Hall–Kier alpha value is -1.40. The molecule has 1 fully saturated rings. The molecular formula is C14H24N4O2. The molecule has 0 bridgehead atoms. The second kappa shape index (κ2) is 5.54. The predicted octanol–water partition coefficient (Wildman–Crippen LogP) is 0.382. The first-order chi connectivity index (χ1) is 9.28. The number of aromatic amines is 1. The lowest BCUT2D eigenvalue weighted by Crippen LogP contribution is -2.43. The quantitative estimate of drug-likeness (QED) is 0.745. The van der Waals surface area contributed by atoms with Crippen LogP contribution in [0.5, 0.6) is 0 Å². The van der Waals surface area contributed by atoms with Gasteiger partial charge in [0.15, 0.2) is 0 Å². The number of nitrogens with zero attached hydrogens (tertiary/aromatic N) is 2. The van der Waals surface area contributed by atoms with Crippen LogP contribution < -0.4 is 5.32 Å². The Morgan fingerprint density at radius 2 is 2.30 bits per heavy atom. The molecule has 3 N–H and O–H groups in total. The Morgan fingerprint density at radius 3 is 2.80 bits per heavy atom. The van der Waals surface area contributed by atoms with Crippen molar-refractivity contribution < 1.29 is 9.90 Å². The fourth-order valence-corrected chi connectivity index (χ4v) is 2.69. The minimum Gasteiger partial charge on any atom is -0.391 e. The van der Waals surface area contributed by atoms with Gasteiger partial charge >= 0.3 is 0 Å². The highest BCUT2D eigenvalue weighted by Gasteiger charge is 2.33. The van der Waals surface area contributed by atoms with E-state index in [1.807, 2.05) is 32.7 Å². The Bertz CT molecular complexity index is 483. The lowest BCUT2D eigenvalue weighted by Gasteiger charge is -2.25. The summed E-state index contributed by atoms with van der Waals surface area (Å²) in [7, 11) is 1.96. The van der Waals surface area contributed by atoms with Crippen molar-refractivity contribution in [1.82, 2.24) is 20.2 Å². The second-order valence-electron chi connectivity index (χ2n) is 6.34. The number of rotatable bonds is 4. The molecule has 2 rings (SSSR count). The topological polar surface area (TPSA) is 81.2 Å². The number of hydrogen-bond acceptors (Lipinski definition) is 4. The number of carbonyl (C=O) groups is 1. The number of β-amino-alcohol motifs (C(OH)–C–C–N with tert-alkyl or cyclic N) is 1. The first-order valence-corrected chi connectivity index (χ1v) is 6.97. The summed E-state index contributed by atoms with van der Waals surface area (Å²) in [5.74, 6) is 0.699. The van der Waals surface area contributed by atoms with Gasteiger partial charge in [0, 0.05) is 37.3 Å². The summed E-state index contributed by atoms with van der Waals surface area (Å²) in [6, 6.07) is 0. The van der Waals surface area contributed by atoms with Crippen LogP contribution in [0.3, 0.4) is 0 Å². The standard InChI is InChI=1S/C14H24N4O2/c1-9-6-15-13(16-9)14(2,3)17-12(20)5-10-7-18(4)8-11(10)19/h6,10-11,19H,5,7-8H2,1-4H3,(H,15,16)(H,17,20)/t10-,11-/m1/s1. The van der Waals surface area contributed by atoms with E-state index >= 15 is 0 Å². The molecule has 6 nitrogen and oxygen atoms in total. The van der Waals surface area contributed by atoms with Crippen LogP contribution in [0.15, 0.2) is 6.20 Å². The normalized spacial score (nSPS) is 24.1. The van der Waals surface area contributed by atoms with Crippen LogP contribution in [0, 0.1) is 12.8 Å². The van der Waals surface area contributed by atoms with Gasteiger partial charge in [-0.05, 0) is 27.8 Å². The number of hydrogen-bond donors (Lipinski definition) is 3. The van der Waals surface area contributed by atoms with Crippen molar-refractivity contribution in [3.63, 3.8) is 0 Å². The Labute approximate surface area is 119 Å². The number of nitrogens with one attached hydrogen (secondary N) is 2. The Kier molecular flexibility index (Phi) is 4.15. The summed E-state index contributed by atoms with van der Waals surface area (Å²) in [5.41, 5.74) is 0.427. The molecule has 0 unspecified atom stereocenters. The van der Waals surface area contributed by atoms with Gasteiger partial charge in [0.05, 0.1) is 11.6 Å². The number of aromatic nitrogens is 2. The molecule has 6 heteroatoms. The van der Waals surface area contributed by atoms with Gasteiger partial charge in [0.25, 0.3) is 0 Å². The molecule has 2 heterocycles. The number of imidazole rings is 1. The van der Waals surface area contributed by atoms with Crippen LogP contribution in [-0.4, -0.2) is 52.1 Å². The average molecular weight is 280 g/mol. The van der Waals surface area contributed by atoms with Gasteiger partial charge in [-0.25, -0.2) is 4.98 Å². The van der Waals surface area contributed by atoms with E-state index in [9.17, 15) is 9.90 Å². The van der Waals surface area contributed by atoms with Gasteiger partial charge in [-0.3, -0.25) is 4.79 Å². The molecule has 112 valence electrons. The van der Waals surface area contributed by atoms with E-state index in [1.54, 1.807) is 6.20 Å². The van der Waals surface area contributed by atoms with E-state index in [4.69, 9.17) is 0 Å². The molecule has 2 atom stereocenters. The van der Waals surface area contributed by atoms with Crippen molar-refractivity contribution in [3.8, 4) is 0 Å². The highest BCUT2D eigenvalue weighted by atomic mass is 16.3. The Balaban J connectivity index is 1.94. The van der Waals surface area contributed by atoms with Gasteiger partial charge in [0.2, 0.25) is 5.91 Å². The van der Waals surface area contributed by atoms with E-state index in [2.05, 4.69) is 15.3 Å². The highest BCUT2D eigenvalue weighted by molar-refractivity contribution is 5.77. The summed E-state index contributed by atoms with van der Waals surface area (Å²) in [6.45, 7) is 7.16. The van der Waals surface area contributed by atoms with E-state index in [-0.39, 0.29) is 11.8 Å². The smallest absolute Gasteiger partial charge is 0.221 e. The van der Waals surface area contributed by atoms with Gasteiger partial charge in [-0.1, -0.05) is 0 Å². The number of carbonyl (C=O) groups excluding carboxylic acids is 1. The van der Waals surface area contributed by atoms with Crippen LogP contribution in [-0.2, 0) is 10.3 Å². The molecule has 1 aliphatic heterocycles. The van der Waals surface area contributed by atoms with Gasteiger partial charge in [-0.2, -0.15) is 0 Å². The van der Waals surface area contributed by atoms with Gasteiger partial charge in [0.1, 0.15) is 5.82 Å². The van der Waals surface area contributed by atoms with Gasteiger partial charge < -0.3 is 20.3 Å². The number of likely N-dealkylation sites (N-methyl/N-ethyl adjacent to an activating group) is 1.